The lowest BCUT2D eigenvalue weighted by Crippen LogP contribution is -2.50. The fraction of sp³-hybridized carbons (Fsp3) is 0.259. The molecule has 5 nitrogen and oxygen atoms in total. The van der Waals surface area contributed by atoms with Crippen molar-refractivity contribution in [1.82, 2.24) is 19.6 Å². The quantitative estimate of drug-likeness (QED) is 0.409. The molecule has 0 saturated carbocycles. The van der Waals surface area contributed by atoms with E-state index in [0.29, 0.717) is 5.02 Å². The van der Waals surface area contributed by atoms with E-state index in [1.165, 1.54) is 5.56 Å². The van der Waals surface area contributed by atoms with Gasteiger partial charge in [0.15, 0.2) is 0 Å². The number of hydrogen-bond donors (Lipinski definition) is 0. The highest BCUT2D eigenvalue weighted by atomic mass is 35.5. The minimum Gasteiger partial charge on any atom is -0.338 e. The second-order valence-electron chi connectivity index (χ2n) is 8.58. The number of amides is 1. The summed E-state index contributed by atoms with van der Waals surface area (Å²) in [6, 6.07) is 25.9. The number of piperazine rings is 1. The fourth-order valence-electron chi connectivity index (χ4n) is 4.55. The van der Waals surface area contributed by atoms with Crippen molar-refractivity contribution >= 4 is 28.4 Å². The summed E-state index contributed by atoms with van der Waals surface area (Å²) in [5.74, 6) is 0.105. The van der Waals surface area contributed by atoms with Crippen molar-refractivity contribution in [3.8, 4) is 11.3 Å². The predicted octanol–water partition coefficient (Wildman–Crippen LogP) is 5.26. The topological polar surface area (TPSA) is 41.4 Å². The van der Waals surface area contributed by atoms with Crippen LogP contribution in [0.3, 0.4) is 0 Å². The van der Waals surface area contributed by atoms with Crippen LogP contribution in [-0.2, 0) is 11.3 Å². The molecule has 1 aromatic heterocycles. The van der Waals surface area contributed by atoms with Gasteiger partial charge in [-0.15, -0.1) is 0 Å². The molecular weight excluding hydrogens is 432 g/mol. The Hall–Kier alpha value is -3.15. The number of fused-ring (bicyclic) bond motifs is 1. The Labute approximate surface area is 199 Å². The van der Waals surface area contributed by atoms with Gasteiger partial charge >= 0.3 is 0 Å². The lowest BCUT2D eigenvalue weighted by Gasteiger charge is -2.36. The average molecular weight is 459 g/mol. The van der Waals surface area contributed by atoms with Crippen molar-refractivity contribution in [1.29, 1.82) is 0 Å². The highest BCUT2D eigenvalue weighted by molar-refractivity contribution is 6.31. The van der Waals surface area contributed by atoms with Crippen molar-refractivity contribution in [3.05, 3.63) is 89.4 Å². The molecule has 1 saturated heterocycles. The summed E-state index contributed by atoms with van der Waals surface area (Å²) in [6.07, 6.45) is 0. The molecule has 6 heteroatoms. The molecule has 1 amide bonds. The van der Waals surface area contributed by atoms with Crippen LogP contribution in [0.4, 0.5) is 0 Å². The zero-order valence-electron chi connectivity index (χ0n) is 18.7. The third-order valence-corrected chi connectivity index (χ3v) is 6.61. The summed E-state index contributed by atoms with van der Waals surface area (Å²) in [4.78, 5) is 17.8. The van der Waals surface area contributed by atoms with Gasteiger partial charge in [0, 0.05) is 48.7 Å². The number of halogens is 1. The van der Waals surface area contributed by atoms with Crippen LogP contribution in [0.5, 0.6) is 0 Å². The van der Waals surface area contributed by atoms with Gasteiger partial charge in [0.2, 0.25) is 5.91 Å². The first kappa shape index (κ1) is 21.7. The minimum atomic E-state index is -0.396. The lowest BCUT2D eigenvalue weighted by molar-refractivity contribution is -0.136. The standard InChI is InChI=1S/C27H27ClN4O/c1-20(27(33)31-16-14-30(15-17-31)19-21-8-4-2-5-9-21)32-25-13-12-23(28)18-24(25)26(29-32)22-10-6-3-7-11-22/h2-13,18,20H,14-17,19H2,1H3. The van der Waals surface area contributed by atoms with Crippen molar-refractivity contribution in [2.24, 2.45) is 0 Å². The molecule has 1 aliphatic rings. The second-order valence-corrected chi connectivity index (χ2v) is 9.02. The van der Waals surface area contributed by atoms with Gasteiger partial charge in [-0.1, -0.05) is 72.3 Å². The molecule has 1 atom stereocenters. The summed E-state index contributed by atoms with van der Waals surface area (Å²) >= 11 is 6.31. The van der Waals surface area contributed by atoms with Crippen LogP contribution in [0.25, 0.3) is 22.2 Å². The monoisotopic (exact) mass is 458 g/mol. The van der Waals surface area contributed by atoms with Crippen LogP contribution in [-0.4, -0.2) is 51.7 Å². The molecule has 3 aromatic carbocycles. The van der Waals surface area contributed by atoms with Crippen molar-refractivity contribution < 1.29 is 4.79 Å². The zero-order valence-corrected chi connectivity index (χ0v) is 19.4. The van der Waals surface area contributed by atoms with Crippen molar-refractivity contribution in [3.63, 3.8) is 0 Å². The van der Waals surface area contributed by atoms with Gasteiger partial charge in [0.1, 0.15) is 11.7 Å². The molecule has 1 fully saturated rings. The molecule has 5 rings (SSSR count). The van der Waals surface area contributed by atoms with Gasteiger partial charge in [-0.2, -0.15) is 5.10 Å². The molecule has 0 bridgehead atoms. The molecule has 0 aliphatic carbocycles. The summed E-state index contributed by atoms with van der Waals surface area (Å²) < 4.78 is 1.85. The smallest absolute Gasteiger partial charge is 0.247 e. The first-order valence-corrected chi connectivity index (χ1v) is 11.8. The zero-order chi connectivity index (χ0) is 22.8. The van der Waals surface area contributed by atoms with Crippen LogP contribution >= 0.6 is 11.6 Å². The molecule has 1 aliphatic heterocycles. The number of benzene rings is 3. The molecule has 4 aromatic rings. The van der Waals surface area contributed by atoms with Crippen molar-refractivity contribution in [2.75, 3.05) is 26.2 Å². The van der Waals surface area contributed by atoms with Crippen LogP contribution in [0.1, 0.15) is 18.5 Å². The first-order valence-electron chi connectivity index (χ1n) is 11.4. The summed E-state index contributed by atoms with van der Waals surface area (Å²) in [7, 11) is 0. The van der Waals surface area contributed by atoms with Crippen LogP contribution in [0.2, 0.25) is 5.02 Å². The largest absolute Gasteiger partial charge is 0.338 e. The Balaban J connectivity index is 1.35. The number of hydrogen-bond acceptors (Lipinski definition) is 3. The molecule has 168 valence electrons. The van der Waals surface area contributed by atoms with Crippen molar-refractivity contribution in [2.45, 2.75) is 19.5 Å². The van der Waals surface area contributed by atoms with E-state index >= 15 is 0 Å². The number of nitrogens with zero attached hydrogens (tertiary/aromatic N) is 4. The van der Waals surface area contributed by atoms with E-state index in [0.717, 1.165) is 54.9 Å². The van der Waals surface area contributed by atoms with Crippen LogP contribution in [0, 0.1) is 0 Å². The Morgan fingerprint density at radius 1 is 0.939 bits per heavy atom. The number of carbonyl (C=O) groups excluding carboxylic acids is 1. The average Bonchev–Trinajstić information content (AvgIpc) is 3.23. The fourth-order valence-corrected chi connectivity index (χ4v) is 4.73. The van der Waals surface area contributed by atoms with E-state index in [9.17, 15) is 4.79 Å². The molecule has 0 spiro atoms. The third kappa shape index (κ3) is 4.52. The SMILES string of the molecule is CC(C(=O)N1CCN(Cc2ccccc2)CC1)n1nc(-c2ccccc2)c2cc(Cl)ccc21. The Morgan fingerprint density at radius 2 is 1.61 bits per heavy atom. The van der Waals surface area contributed by atoms with Gasteiger partial charge in [-0.25, -0.2) is 0 Å². The summed E-state index contributed by atoms with van der Waals surface area (Å²) in [6.45, 7) is 6.06. The Kier molecular flexibility index (Phi) is 6.16. The summed E-state index contributed by atoms with van der Waals surface area (Å²) in [5, 5.41) is 6.51. The predicted molar refractivity (Wildman–Crippen MR) is 133 cm³/mol. The molecule has 33 heavy (non-hydrogen) atoms. The maximum absolute atomic E-state index is 13.4. The molecule has 0 radical (unpaired) electrons. The van der Waals surface area contributed by atoms with Gasteiger partial charge in [0.05, 0.1) is 5.52 Å². The van der Waals surface area contributed by atoms with Gasteiger partial charge in [-0.05, 0) is 30.7 Å². The first-order chi connectivity index (χ1) is 16.1. The Bertz CT molecular complexity index is 1250. The maximum Gasteiger partial charge on any atom is 0.247 e. The van der Waals surface area contributed by atoms with E-state index in [2.05, 4.69) is 29.2 Å². The van der Waals surface area contributed by atoms with Gasteiger partial charge in [0.25, 0.3) is 0 Å². The van der Waals surface area contributed by atoms with Gasteiger partial charge < -0.3 is 4.90 Å². The van der Waals surface area contributed by atoms with E-state index < -0.39 is 6.04 Å². The van der Waals surface area contributed by atoms with E-state index in [-0.39, 0.29) is 5.91 Å². The number of carbonyl (C=O) groups is 1. The van der Waals surface area contributed by atoms with Crippen LogP contribution < -0.4 is 0 Å². The maximum atomic E-state index is 13.4. The van der Waals surface area contributed by atoms with Crippen LogP contribution in [0.15, 0.2) is 78.9 Å². The molecule has 2 heterocycles. The second kappa shape index (κ2) is 9.38. The Morgan fingerprint density at radius 3 is 2.30 bits per heavy atom. The molecule has 1 unspecified atom stereocenters. The number of rotatable bonds is 5. The summed E-state index contributed by atoms with van der Waals surface area (Å²) in [5.41, 5.74) is 4.08. The van der Waals surface area contributed by atoms with E-state index in [1.54, 1.807) is 0 Å². The number of aromatic nitrogens is 2. The molecular formula is C27H27ClN4O. The highest BCUT2D eigenvalue weighted by Gasteiger charge is 2.28. The molecule has 0 N–H and O–H groups in total. The minimum absolute atomic E-state index is 0.105. The third-order valence-electron chi connectivity index (χ3n) is 6.37. The lowest BCUT2D eigenvalue weighted by atomic mass is 10.1. The van der Waals surface area contributed by atoms with E-state index in [4.69, 9.17) is 16.7 Å². The van der Waals surface area contributed by atoms with Gasteiger partial charge in [-0.3, -0.25) is 14.4 Å². The normalized spacial score (nSPS) is 15.6. The van der Waals surface area contributed by atoms with E-state index in [1.807, 2.05) is 71.1 Å². The highest BCUT2D eigenvalue weighted by Crippen LogP contribution is 2.32.